The molecule has 0 bridgehead atoms. The van der Waals surface area contributed by atoms with E-state index in [0.29, 0.717) is 19.8 Å². The van der Waals surface area contributed by atoms with Gasteiger partial charge in [-0.1, -0.05) is 6.07 Å². The normalized spacial score (nSPS) is 25.9. The first-order chi connectivity index (χ1) is 9.20. The molecule has 2 saturated heterocycles. The molecule has 0 radical (unpaired) electrons. The van der Waals surface area contributed by atoms with Gasteiger partial charge in [0.1, 0.15) is 0 Å². The van der Waals surface area contributed by atoms with Crippen molar-refractivity contribution >= 4 is 0 Å². The van der Waals surface area contributed by atoms with Crippen LogP contribution in [0.3, 0.4) is 0 Å². The van der Waals surface area contributed by atoms with E-state index in [-0.39, 0.29) is 11.5 Å². The molecule has 3 nitrogen and oxygen atoms in total. The Hall–Kier alpha value is -1.04. The fraction of sp³-hybridized carbons (Fsp3) is 0.571. The summed E-state index contributed by atoms with van der Waals surface area (Å²) in [7, 11) is 0. The van der Waals surface area contributed by atoms with Gasteiger partial charge >= 0.3 is 0 Å². The van der Waals surface area contributed by atoms with Gasteiger partial charge in [-0.25, -0.2) is 8.78 Å². The van der Waals surface area contributed by atoms with Crippen LogP contribution in [-0.2, 0) is 14.9 Å². The summed E-state index contributed by atoms with van der Waals surface area (Å²) in [5.74, 6) is -1.61. The molecule has 1 aromatic carbocycles. The molecule has 2 heterocycles. The molecule has 104 valence electrons. The third kappa shape index (κ3) is 2.50. The Labute approximate surface area is 110 Å². The van der Waals surface area contributed by atoms with Gasteiger partial charge in [0.25, 0.3) is 0 Å². The van der Waals surface area contributed by atoms with Crippen LogP contribution in [0.2, 0.25) is 0 Å². The van der Waals surface area contributed by atoms with E-state index in [9.17, 15) is 8.78 Å². The molecule has 0 aliphatic carbocycles. The van der Waals surface area contributed by atoms with E-state index in [1.54, 1.807) is 6.07 Å². The van der Waals surface area contributed by atoms with Gasteiger partial charge in [-0.2, -0.15) is 0 Å². The van der Waals surface area contributed by atoms with E-state index in [1.807, 2.05) is 0 Å². The number of hydrogen-bond donors (Lipinski definition) is 1. The van der Waals surface area contributed by atoms with Crippen LogP contribution in [0.1, 0.15) is 12.0 Å². The van der Waals surface area contributed by atoms with Crippen molar-refractivity contribution in [2.24, 2.45) is 0 Å². The van der Waals surface area contributed by atoms with Crippen LogP contribution in [0.5, 0.6) is 0 Å². The van der Waals surface area contributed by atoms with Gasteiger partial charge in [-0.15, -0.1) is 0 Å². The fourth-order valence-electron chi connectivity index (χ4n) is 2.76. The molecule has 0 amide bonds. The standard InChI is InChI=1S/C14H17F2NO2/c15-12-2-1-10(5-13(12)16)14(8-18-9-14)6-11-7-17-3-4-19-11/h1-2,5,11,17H,3-4,6-9H2. The molecule has 3 rings (SSSR count). The second-order valence-corrected chi connectivity index (χ2v) is 5.30. The van der Waals surface area contributed by atoms with Crippen molar-refractivity contribution in [3.05, 3.63) is 35.4 Å². The van der Waals surface area contributed by atoms with Crippen LogP contribution >= 0.6 is 0 Å². The van der Waals surface area contributed by atoms with Gasteiger partial charge in [-0.05, 0) is 24.1 Å². The maximum Gasteiger partial charge on any atom is 0.159 e. The van der Waals surface area contributed by atoms with Gasteiger partial charge in [0.05, 0.1) is 25.9 Å². The van der Waals surface area contributed by atoms with Crippen molar-refractivity contribution in [3.8, 4) is 0 Å². The molecular weight excluding hydrogens is 252 g/mol. The van der Waals surface area contributed by atoms with Crippen molar-refractivity contribution in [3.63, 3.8) is 0 Å². The van der Waals surface area contributed by atoms with Crippen LogP contribution in [0.15, 0.2) is 18.2 Å². The predicted molar refractivity (Wildman–Crippen MR) is 66.1 cm³/mol. The molecule has 0 aromatic heterocycles. The van der Waals surface area contributed by atoms with E-state index in [2.05, 4.69) is 5.32 Å². The largest absolute Gasteiger partial charge is 0.379 e. The van der Waals surface area contributed by atoms with Crippen molar-refractivity contribution in [1.82, 2.24) is 5.32 Å². The molecule has 1 atom stereocenters. The molecule has 0 spiro atoms. The SMILES string of the molecule is Fc1ccc(C2(CC3CNCCO3)COC2)cc1F. The molecule has 0 saturated carbocycles. The maximum absolute atomic E-state index is 13.4. The quantitative estimate of drug-likeness (QED) is 0.904. The average Bonchev–Trinajstić information content (AvgIpc) is 2.38. The first-order valence-electron chi connectivity index (χ1n) is 6.55. The Balaban J connectivity index is 1.79. The smallest absolute Gasteiger partial charge is 0.159 e. The number of morpholine rings is 1. The average molecular weight is 269 g/mol. The Morgan fingerprint density at radius 2 is 2.11 bits per heavy atom. The summed E-state index contributed by atoms with van der Waals surface area (Å²) in [6, 6.07) is 4.12. The molecule has 1 unspecified atom stereocenters. The Kier molecular flexibility index (Phi) is 3.52. The first kappa shape index (κ1) is 13.0. The molecule has 5 heteroatoms. The number of halogens is 2. The lowest BCUT2D eigenvalue weighted by molar-refractivity contribution is -0.0943. The summed E-state index contributed by atoms with van der Waals surface area (Å²) in [6.07, 6.45) is 0.871. The van der Waals surface area contributed by atoms with Crippen molar-refractivity contribution < 1.29 is 18.3 Å². The van der Waals surface area contributed by atoms with E-state index in [4.69, 9.17) is 9.47 Å². The minimum atomic E-state index is -0.810. The van der Waals surface area contributed by atoms with E-state index in [1.165, 1.54) is 12.1 Å². The molecule has 19 heavy (non-hydrogen) atoms. The summed E-state index contributed by atoms with van der Waals surface area (Å²) in [6.45, 7) is 3.44. The minimum absolute atomic E-state index is 0.103. The van der Waals surface area contributed by atoms with Crippen LogP contribution in [0, 0.1) is 11.6 Å². The van der Waals surface area contributed by atoms with Gasteiger partial charge < -0.3 is 14.8 Å². The first-order valence-corrected chi connectivity index (χ1v) is 6.55. The lowest BCUT2D eigenvalue weighted by atomic mass is 9.74. The highest BCUT2D eigenvalue weighted by Gasteiger charge is 2.43. The van der Waals surface area contributed by atoms with Gasteiger partial charge in [0, 0.05) is 18.5 Å². The zero-order valence-corrected chi connectivity index (χ0v) is 10.6. The maximum atomic E-state index is 13.4. The van der Waals surface area contributed by atoms with Crippen LogP contribution < -0.4 is 5.32 Å². The Bertz CT molecular complexity index is 457. The van der Waals surface area contributed by atoms with Crippen molar-refractivity contribution in [1.29, 1.82) is 0 Å². The summed E-state index contributed by atoms with van der Waals surface area (Å²) in [4.78, 5) is 0. The number of hydrogen-bond acceptors (Lipinski definition) is 3. The Morgan fingerprint density at radius 3 is 2.68 bits per heavy atom. The molecule has 2 aliphatic heterocycles. The highest BCUT2D eigenvalue weighted by molar-refractivity contribution is 5.29. The highest BCUT2D eigenvalue weighted by Crippen LogP contribution is 2.38. The number of nitrogens with one attached hydrogen (secondary N) is 1. The third-order valence-electron chi connectivity index (χ3n) is 3.91. The summed E-state index contributed by atoms with van der Waals surface area (Å²) < 4.78 is 37.4. The fourth-order valence-corrected chi connectivity index (χ4v) is 2.76. The van der Waals surface area contributed by atoms with Crippen LogP contribution in [-0.4, -0.2) is 39.0 Å². The summed E-state index contributed by atoms with van der Waals surface area (Å²) in [5.41, 5.74) is 0.560. The lowest BCUT2D eigenvalue weighted by Gasteiger charge is -2.44. The van der Waals surface area contributed by atoms with Crippen LogP contribution in [0.25, 0.3) is 0 Å². The molecular formula is C14H17F2NO2. The predicted octanol–water partition coefficient (Wildman–Crippen LogP) is 1.61. The second-order valence-electron chi connectivity index (χ2n) is 5.30. The molecule has 1 N–H and O–H groups in total. The molecule has 1 aromatic rings. The van der Waals surface area contributed by atoms with E-state index in [0.717, 1.165) is 25.1 Å². The van der Waals surface area contributed by atoms with E-state index < -0.39 is 11.6 Å². The van der Waals surface area contributed by atoms with Crippen molar-refractivity contribution in [2.45, 2.75) is 17.9 Å². The van der Waals surface area contributed by atoms with Crippen LogP contribution in [0.4, 0.5) is 8.78 Å². The number of rotatable bonds is 3. The zero-order valence-electron chi connectivity index (χ0n) is 10.6. The minimum Gasteiger partial charge on any atom is -0.379 e. The highest BCUT2D eigenvalue weighted by atomic mass is 19.2. The number of benzene rings is 1. The monoisotopic (exact) mass is 269 g/mol. The van der Waals surface area contributed by atoms with E-state index >= 15 is 0 Å². The topological polar surface area (TPSA) is 30.5 Å². The molecule has 2 fully saturated rings. The number of ether oxygens (including phenoxy) is 2. The summed E-state index contributed by atoms with van der Waals surface area (Å²) >= 11 is 0. The van der Waals surface area contributed by atoms with Gasteiger partial charge in [0.2, 0.25) is 0 Å². The zero-order chi connectivity index (χ0) is 13.3. The third-order valence-corrected chi connectivity index (χ3v) is 3.91. The Morgan fingerprint density at radius 1 is 1.26 bits per heavy atom. The van der Waals surface area contributed by atoms with Crippen molar-refractivity contribution in [2.75, 3.05) is 32.9 Å². The summed E-state index contributed by atoms with van der Waals surface area (Å²) in [5, 5.41) is 3.28. The van der Waals surface area contributed by atoms with Gasteiger partial charge in [-0.3, -0.25) is 0 Å². The molecule has 2 aliphatic rings. The lowest BCUT2D eigenvalue weighted by Crippen LogP contribution is -2.52. The second kappa shape index (κ2) is 5.15. The van der Waals surface area contributed by atoms with Gasteiger partial charge in [0.15, 0.2) is 11.6 Å².